The molecular weight excluding hydrogens is 360 g/mol. The van der Waals surface area contributed by atoms with Gasteiger partial charge in [0.1, 0.15) is 0 Å². The van der Waals surface area contributed by atoms with Crippen molar-refractivity contribution < 1.29 is 23.8 Å². The molecule has 1 aliphatic rings. The van der Waals surface area contributed by atoms with Crippen LogP contribution in [-0.2, 0) is 9.53 Å². The van der Waals surface area contributed by atoms with Gasteiger partial charge in [-0.2, -0.15) is 0 Å². The Morgan fingerprint density at radius 1 is 1.27 bits per heavy atom. The van der Waals surface area contributed by atoms with Gasteiger partial charge in [0, 0.05) is 5.70 Å². The van der Waals surface area contributed by atoms with Crippen LogP contribution in [0.4, 0.5) is 4.79 Å². The fourth-order valence-electron chi connectivity index (χ4n) is 2.83. The molecule has 1 unspecified atom stereocenters. The van der Waals surface area contributed by atoms with Crippen molar-refractivity contribution >= 4 is 23.6 Å². The summed E-state index contributed by atoms with van der Waals surface area (Å²) in [6.07, 6.45) is 0. The average molecular weight is 383 g/mol. The minimum atomic E-state index is -0.725. The van der Waals surface area contributed by atoms with Gasteiger partial charge in [-0.1, -0.05) is 25.4 Å². The molecule has 0 aliphatic carbocycles. The van der Waals surface area contributed by atoms with Gasteiger partial charge in [0.15, 0.2) is 11.5 Å². The van der Waals surface area contributed by atoms with Crippen LogP contribution in [-0.4, -0.2) is 32.8 Å². The van der Waals surface area contributed by atoms with Crippen LogP contribution in [0.2, 0.25) is 5.02 Å². The molecule has 26 heavy (non-hydrogen) atoms. The van der Waals surface area contributed by atoms with E-state index in [1.807, 2.05) is 13.8 Å². The molecular formula is C18H23ClN2O5. The normalized spacial score (nSPS) is 16.9. The van der Waals surface area contributed by atoms with Crippen LogP contribution in [0.5, 0.6) is 11.5 Å². The van der Waals surface area contributed by atoms with E-state index < -0.39 is 18.0 Å². The summed E-state index contributed by atoms with van der Waals surface area (Å²) in [6, 6.07) is 2.18. The number of carbonyl (C=O) groups is 2. The van der Waals surface area contributed by atoms with Crippen molar-refractivity contribution in [1.82, 2.24) is 10.6 Å². The van der Waals surface area contributed by atoms with Gasteiger partial charge in [-0.3, -0.25) is 0 Å². The second kappa shape index (κ2) is 8.31. The summed E-state index contributed by atoms with van der Waals surface area (Å²) >= 11 is 6.29. The number of carbonyl (C=O) groups excluding carboxylic acids is 2. The zero-order chi connectivity index (χ0) is 19.4. The van der Waals surface area contributed by atoms with Gasteiger partial charge >= 0.3 is 12.0 Å². The third-order valence-electron chi connectivity index (χ3n) is 3.96. The highest BCUT2D eigenvalue weighted by atomic mass is 35.5. The van der Waals surface area contributed by atoms with Gasteiger partial charge in [0.2, 0.25) is 0 Å². The topological polar surface area (TPSA) is 85.9 Å². The van der Waals surface area contributed by atoms with Crippen LogP contribution in [0.1, 0.15) is 32.4 Å². The number of rotatable bonds is 6. The Balaban J connectivity index is 2.64. The van der Waals surface area contributed by atoms with Crippen LogP contribution >= 0.6 is 11.6 Å². The maximum Gasteiger partial charge on any atom is 0.338 e. The summed E-state index contributed by atoms with van der Waals surface area (Å²) in [5.41, 5.74) is 1.44. The number of benzene rings is 1. The molecule has 1 aromatic carbocycles. The molecule has 0 fully saturated rings. The summed E-state index contributed by atoms with van der Waals surface area (Å²) in [4.78, 5) is 24.8. The van der Waals surface area contributed by atoms with Crippen LogP contribution in [0.15, 0.2) is 23.4 Å². The Morgan fingerprint density at radius 3 is 2.50 bits per heavy atom. The molecule has 2 N–H and O–H groups in total. The number of nitrogens with one attached hydrogen (secondary N) is 2. The number of hydrogen-bond donors (Lipinski definition) is 2. The standard InChI is InChI=1S/C18H23ClN2O5/c1-6-26-17(22)13-14(9(2)3)20-18(23)21-15(13)10-7-11(19)16(25-5)12(8-10)24-4/h7-9,15H,6H2,1-5H3,(H2,20,21,23). The van der Waals surface area contributed by atoms with Crippen molar-refractivity contribution in [3.05, 3.63) is 34.0 Å². The van der Waals surface area contributed by atoms with Crippen LogP contribution < -0.4 is 20.1 Å². The number of amides is 2. The van der Waals surface area contributed by atoms with Crippen molar-refractivity contribution in [2.45, 2.75) is 26.8 Å². The van der Waals surface area contributed by atoms with E-state index in [1.54, 1.807) is 19.1 Å². The van der Waals surface area contributed by atoms with E-state index >= 15 is 0 Å². The van der Waals surface area contributed by atoms with Crippen molar-refractivity contribution in [3.8, 4) is 11.5 Å². The van der Waals surface area contributed by atoms with Gasteiger partial charge in [0.05, 0.1) is 37.5 Å². The van der Waals surface area contributed by atoms with E-state index in [0.717, 1.165) is 0 Å². The lowest BCUT2D eigenvalue weighted by Crippen LogP contribution is -2.47. The minimum absolute atomic E-state index is 0.0847. The first-order chi connectivity index (χ1) is 12.3. The molecule has 0 radical (unpaired) electrons. The molecule has 8 heteroatoms. The summed E-state index contributed by atoms with van der Waals surface area (Å²) < 4.78 is 15.8. The molecule has 1 heterocycles. The van der Waals surface area contributed by atoms with Crippen molar-refractivity contribution in [2.24, 2.45) is 5.92 Å². The van der Waals surface area contributed by atoms with Gasteiger partial charge in [-0.25, -0.2) is 9.59 Å². The Hall–Kier alpha value is -2.41. The lowest BCUT2D eigenvalue weighted by Gasteiger charge is -2.31. The molecule has 7 nitrogen and oxygen atoms in total. The molecule has 0 aromatic heterocycles. The average Bonchev–Trinajstić information content (AvgIpc) is 2.60. The van der Waals surface area contributed by atoms with Crippen LogP contribution in [0.25, 0.3) is 0 Å². The van der Waals surface area contributed by atoms with Crippen molar-refractivity contribution in [2.75, 3.05) is 20.8 Å². The van der Waals surface area contributed by atoms with E-state index in [0.29, 0.717) is 33.4 Å². The van der Waals surface area contributed by atoms with E-state index in [1.165, 1.54) is 14.2 Å². The first kappa shape index (κ1) is 19.9. The summed E-state index contributed by atoms with van der Waals surface area (Å²) in [6.45, 7) is 5.73. The number of allylic oxidation sites excluding steroid dienone is 1. The second-order valence-electron chi connectivity index (χ2n) is 5.97. The molecule has 0 saturated heterocycles. The Bertz CT molecular complexity index is 745. The lowest BCUT2D eigenvalue weighted by molar-refractivity contribution is -0.139. The zero-order valence-electron chi connectivity index (χ0n) is 15.4. The van der Waals surface area contributed by atoms with Gasteiger partial charge in [0.25, 0.3) is 0 Å². The lowest BCUT2D eigenvalue weighted by atomic mass is 9.91. The molecule has 1 aromatic rings. The van der Waals surface area contributed by atoms with E-state index in [4.69, 9.17) is 25.8 Å². The fraction of sp³-hybridized carbons (Fsp3) is 0.444. The molecule has 1 aliphatic heterocycles. The predicted molar refractivity (Wildman–Crippen MR) is 97.5 cm³/mol. The Labute approximate surface area is 157 Å². The molecule has 0 saturated carbocycles. The number of methoxy groups -OCH3 is 2. The van der Waals surface area contributed by atoms with Gasteiger partial charge in [-0.15, -0.1) is 0 Å². The largest absolute Gasteiger partial charge is 0.493 e. The number of esters is 1. The first-order valence-electron chi connectivity index (χ1n) is 8.24. The SMILES string of the molecule is CCOC(=O)C1=C(C(C)C)NC(=O)NC1c1cc(Cl)c(OC)c(OC)c1. The number of ether oxygens (including phenoxy) is 3. The summed E-state index contributed by atoms with van der Waals surface area (Å²) in [5, 5.41) is 5.78. The summed E-state index contributed by atoms with van der Waals surface area (Å²) in [7, 11) is 2.97. The molecule has 0 spiro atoms. The molecule has 1 atom stereocenters. The highest BCUT2D eigenvalue weighted by Crippen LogP contribution is 2.40. The van der Waals surface area contributed by atoms with Crippen LogP contribution in [0.3, 0.4) is 0 Å². The predicted octanol–water partition coefficient (Wildman–Crippen LogP) is 3.18. The number of urea groups is 1. The molecule has 0 bridgehead atoms. The Morgan fingerprint density at radius 2 is 1.96 bits per heavy atom. The first-order valence-corrected chi connectivity index (χ1v) is 8.61. The second-order valence-corrected chi connectivity index (χ2v) is 6.38. The molecule has 2 rings (SSSR count). The van der Waals surface area contributed by atoms with E-state index in [9.17, 15) is 9.59 Å². The van der Waals surface area contributed by atoms with Crippen LogP contribution in [0, 0.1) is 5.92 Å². The zero-order valence-corrected chi connectivity index (χ0v) is 16.2. The van der Waals surface area contributed by atoms with E-state index in [2.05, 4.69) is 10.6 Å². The highest BCUT2D eigenvalue weighted by Gasteiger charge is 2.35. The number of hydrogen-bond acceptors (Lipinski definition) is 5. The summed E-state index contributed by atoms with van der Waals surface area (Å²) in [5.74, 6) is 0.194. The minimum Gasteiger partial charge on any atom is -0.493 e. The third kappa shape index (κ3) is 3.88. The van der Waals surface area contributed by atoms with Gasteiger partial charge < -0.3 is 24.8 Å². The highest BCUT2D eigenvalue weighted by molar-refractivity contribution is 6.32. The maximum absolute atomic E-state index is 12.6. The fourth-order valence-corrected chi connectivity index (χ4v) is 3.13. The maximum atomic E-state index is 12.6. The third-order valence-corrected chi connectivity index (χ3v) is 4.25. The smallest absolute Gasteiger partial charge is 0.338 e. The Kier molecular flexibility index (Phi) is 6.37. The molecule has 142 valence electrons. The quantitative estimate of drug-likeness (QED) is 0.738. The molecule has 2 amide bonds. The monoisotopic (exact) mass is 382 g/mol. The van der Waals surface area contributed by atoms with E-state index in [-0.39, 0.29) is 12.5 Å². The van der Waals surface area contributed by atoms with Crippen molar-refractivity contribution in [1.29, 1.82) is 0 Å². The van der Waals surface area contributed by atoms with Gasteiger partial charge in [-0.05, 0) is 30.5 Å². The number of halogens is 1. The van der Waals surface area contributed by atoms with Crippen molar-refractivity contribution in [3.63, 3.8) is 0 Å².